The molecule has 24 rings (SSSR count). The summed E-state index contributed by atoms with van der Waals surface area (Å²) in [4.78, 5) is 11.5. The number of rotatable bonds is 13. The van der Waals surface area contributed by atoms with E-state index in [1.165, 1.54) is 0 Å². The normalized spacial score (nSPS) is 59.2. The van der Waals surface area contributed by atoms with Crippen molar-refractivity contribution in [3.8, 4) is 0 Å². The Labute approximate surface area is 862 Å². The minimum absolute atomic E-state index is 0.0266. The molecule has 0 aliphatic carbocycles. The van der Waals surface area contributed by atoms with Crippen LogP contribution in [0.15, 0.2) is 36.0 Å². The van der Waals surface area contributed by atoms with Crippen LogP contribution in [0.25, 0.3) is 0 Å². The predicted octanol–water partition coefficient (Wildman–Crippen LogP) is 0.996. The standard InChI is InChI=1S/C108H162O40/c1-45(46(2)111)53-16-17-54(126-53)56-25-50(113)92-69(129-56)30-60-62(135-92)29-58-59(128-60)28-61-57(127-58)26-51(114)93(136-61)88(120)68-24-49(112)87(119)96(138-68)91(123)89(121)90(122)94-52(115)27-66-65(137-94)34-81-105(10,142-66)73(116)32-64-71(134-81)37-99(4)77(131-64)19-18-55-67(141-99)33-74(117)106(11)82(130-55)36-83-107(12,148-106)75(118)39-100(5)84(140-83)40-104(9)80(144-100)35-79-102(7,147-104)38-72-63(132-79)31-70-95(139-72)97(124)108(13)86(133-70)42-101(6)85(145-108)41-103(8)78(143-101)21-20-76-98(3,146-103)23-22-48(125-76)15-14-47(43-109)44-110/h14,16-17,22-23,43,45-46,48-97,110-124H,15,18-21,24-42,44H2,1-13H3/b47-14-. The van der Waals surface area contributed by atoms with Crippen LogP contribution in [0.3, 0.4) is 0 Å². The van der Waals surface area contributed by atoms with E-state index in [-0.39, 0.29) is 94.7 Å². The van der Waals surface area contributed by atoms with Crippen LogP contribution in [0.4, 0.5) is 0 Å². The summed E-state index contributed by atoms with van der Waals surface area (Å²) in [6, 6.07) is 0. The largest absolute Gasteiger partial charge is 0.393 e. The molecule has 24 aliphatic heterocycles. The summed E-state index contributed by atoms with van der Waals surface area (Å²) in [6.45, 7) is 25.0. The molecular weight excluding hydrogens is 1940 g/mol. The topological polar surface area (TPSA) is 542 Å². The van der Waals surface area contributed by atoms with E-state index in [4.69, 9.17) is 114 Å². The van der Waals surface area contributed by atoms with Crippen LogP contribution in [0.1, 0.15) is 244 Å². The Morgan fingerprint density at radius 2 is 0.865 bits per heavy atom. The Hall–Kier alpha value is -2.67. The molecule has 0 amide bonds. The van der Waals surface area contributed by atoms with Gasteiger partial charge in [-0.05, 0) is 115 Å². The van der Waals surface area contributed by atoms with Crippen molar-refractivity contribution in [2.24, 2.45) is 5.92 Å². The number of ether oxygens (including phenoxy) is 24. The summed E-state index contributed by atoms with van der Waals surface area (Å²) in [5, 5.41) is 177. The van der Waals surface area contributed by atoms with Crippen LogP contribution in [-0.4, -0.2) is 462 Å². The predicted molar refractivity (Wildman–Crippen MR) is 508 cm³/mol. The maximum Gasteiger partial charge on any atom is 0.148 e. The first-order valence-electron chi connectivity index (χ1n) is 55.6. The SMILES string of the molecule is CC(O)C(C)C1C=CC(C2CC(O)C3OC4CC5OC6CC(O)C(C(O)C7CC(O)C(O)C(C(O)C(O)C(O)C8OC9CC%10OC%11CC%12(C)OC%13CC(O)C%14(C)OC%15(C)C(O)CC%16(C)OC%17CC%18OC%19CC%20OC%21CC%22(C)OC%23CCC%24OC(C/C=C(/C=O)CO)C=CC%24(C)OC%23(C)CC%22OC%21(C)C(O)C%20OC%19CC%18(C)OC%17(C)CC%16OC%15CC%14OC%13CCC%12OC%11CC(O)C%10(C)OC9CC8O)O7)OC6CC5OC4CC3O2)O1. The van der Waals surface area contributed by atoms with Crippen molar-refractivity contribution >= 4 is 6.29 Å². The molecule has 0 aromatic heterocycles. The first kappa shape index (κ1) is 107. The first-order chi connectivity index (χ1) is 70.0. The van der Waals surface area contributed by atoms with Gasteiger partial charge < -0.3 is 190 Å². The van der Waals surface area contributed by atoms with Crippen molar-refractivity contribution < 1.29 is 195 Å². The molecule has 0 bridgehead atoms. The molecule has 834 valence electrons. The minimum Gasteiger partial charge on any atom is -0.393 e. The molecule has 0 aromatic rings. The van der Waals surface area contributed by atoms with Gasteiger partial charge in [0.2, 0.25) is 0 Å². The van der Waals surface area contributed by atoms with Crippen molar-refractivity contribution in [3.63, 3.8) is 0 Å². The van der Waals surface area contributed by atoms with Gasteiger partial charge in [0.25, 0.3) is 0 Å². The van der Waals surface area contributed by atoms with E-state index < -0.39 is 355 Å². The number of aldehydes is 1. The van der Waals surface area contributed by atoms with E-state index in [1.54, 1.807) is 19.9 Å². The highest BCUT2D eigenvalue weighted by atomic mass is 16.7. The lowest BCUT2D eigenvalue weighted by atomic mass is 9.68. The second-order valence-electron chi connectivity index (χ2n) is 51.5. The zero-order valence-corrected chi connectivity index (χ0v) is 87.1. The number of aliphatic hydroxyl groups excluding tert-OH is 15. The van der Waals surface area contributed by atoms with Crippen LogP contribution in [0.5, 0.6) is 0 Å². The third kappa shape index (κ3) is 17.9. The Kier molecular flexibility index (Phi) is 27.8. The number of carbonyl (C=O) groups is 1. The minimum atomic E-state index is -2.22. The molecular formula is C108H162O40. The number of hydrogen-bond donors (Lipinski definition) is 15. The van der Waals surface area contributed by atoms with E-state index in [0.717, 1.165) is 0 Å². The summed E-state index contributed by atoms with van der Waals surface area (Å²) >= 11 is 0. The van der Waals surface area contributed by atoms with Crippen molar-refractivity contribution in [2.45, 2.75) is 617 Å². The van der Waals surface area contributed by atoms with Crippen LogP contribution in [0, 0.1) is 5.92 Å². The average molecular weight is 2100 g/mol. The molecule has 40 heteroatoms. The molecule has 0 radical (unpaired) electrons. The highest BCUT2D eigenvalue weighted by Crippen LogP contribution is 2.63. The summed E-state index contributed by atoms with van der Waals surface area (Å²) in [6.07, 6.45) is -28.0. The van der Waals surface area contributed by atoms with E-state index in [1.807, 2.05) is 66.7 Å². The molecule has 22 fully saturated rings. The second kappa shape index (κ2) is 38.6. The Morgan fingerprint density at radius 1 is 0.345 bits per heavy atom. The molecule has 0 saturated carbocycles. The molecule has 63 unspecified atom stereocenters. The third-order valence-corrected chi connectivity index (χ3v) is 41.2. The van der Waals surface area contributed by atoms with Gasteiger partial charge in [0.05, 0.1) is 278 Å². The Balaban J connectivity index is 0.390. The second-order valence-corrected chi connectivity index (χ2v) is 51.5. The van der Waals surface area contributed by atoms with Gasteiger partial charge in [-0.3, -0.25) is 4.79 Å². The maximum absolute atomic E-state index is 12.9. The van der Waals surface area contributed by atoms with Crippen molar-refractivity contribution in [1.29, 1.82) is 0 Å². The van der Waals surface area contributed by atoms with Crippen LogP contribution < -0.4 is 0 Å². The van der Waals surface area contributed by atoms with Crippen LogP contribution >= 0.6 is 0 Å². The average Bonchev–Trinajstić information content (AvgIpc) is 0.966. The van der Waals surface area contributed by atoms with Crippen LogP contribution in [0.2, 0.25) is 0 Å². The molecule has 22 saturated heterocycles. The van der Waals surface area contributed by atoms with Gasteiger partial charge in [0.15, 0.2) is 0 Å². The Morgan fingerprint density at radius 3 is 1.61 bits per heavy atom. The lowest BCUT2D eigenvalue weighted by Gasteiger charge is -2.65. The monoisotopic (exact) mass is 2100 g/mol. The zero-order chi connectivity index (χ0) is 104. The van der Waals surface area contributed by atoms with Gasteiger partial charge in [-0.2, -0.15) is 0 Å². The molecule has 63 atom stereocenters. The van der Waals surface area contributed by atoms with Gasteiger partial charge in [-0.1, -0.05) is 37.3 Å². The summed E-state index contributed by atoms with van der Waals surface area (Å²) < 4.78 is 167. The molecule has 40 nitrogen and oxygen atoms in total. The van der Waals surface area contributed by atoms with Gasteiger partial charge >= 0.3 is 0 Å². The highest BCUT2D eigenvalue weighted by Gasteiger charge is 2.74. The van der Waals surface area contributed by atoms with Crippen molar-refractivity contribution in [3.05, 3.63) is 36.0 Å². The summed E-state index contributed by atoms with van der Waals surface area (Å²) in [5.74, 6) is -0.146. The fourth-order valence-corrected chi connectivity index (χ4v) is 31.8. The highest BCUT2D eigenvalue weighted by molar-refractivity contribution is 5.73. The van der Waals surface area contributed by atoms with E-state index in [0.29, 0.717) is 102 Å². The van der Waals surface area contributed by atoms with Crippen molar-refractivity contribution in [1.82, 2.24) is 0 Å². The third-order valence-electron chi connectivity index (χ3n) is 41.2. The van der Waals surface area contributed by atoms with E-state index >= 15 is 0 Å². The Bertz CT molecular complexity index is 4890. The quantitative estimate of drug-likeness (QED) is 0.0695. The van der Waals surface area contributed by atoms with Gasteiger partial charge in [0.1, 0.15) is 108 Å². The smallest absolute Gasteiger partial charge is 0.148 e. The number of hydrogen-bond acceptors (Lipinski definition) is 40. The molecule has 15 N–H and O–H groups in total. The molecule has 24 aliphatic rings. The molecule has 0 spiro atoms. The van der Waals surface area contributed by atoms with E-state index in [2.05, 4.69) is 33.8 Å². The van der Waals surface area contributed by atoms with Gasteiger partial charge in [0, 0.05) is 133 Å². The van der Waals surface area contributed by atoms with E-state index in [9.17, 15) is 81.4 Å². The zero-order valence-electron chi connectivity index (χ0n) is 87.1. The number of fused-ring (bicyclic) bond motifs is 20. The molecule has 24 heterocycles. The van der Waals surface area contributed by atoms with Crippen LogP contribution in [-0.2, 0) is 118 Å². The maximum atomic E-state index is 12.9. The first-order valence-corrected chi connectivity index (χ1v) is 55.6. The van der Waals surface area contributed by atoms with Crippen molar-refractivity contribution in [2.75, 3.05) is 6.61 Å². The number of carbonyl (C=O) groups excluding carboxylic acids is 1. The fraction of sp³-hybridized carbons (Fsp3) is 0.935. The number of aliphatic hydroxyl groups is 15. The van der Waals surface area contributed by atoms with Gasteiger partial charge in [-0.15, -0.1) is 0 Å². The summed E-state index contributed by atoms with van der Waals surface area (Å²) in [5.41, 5.74) is -11.4. The van der Waals surface area contributed by atoms with Gasteiger partial charge in [-0.25, -0.2) is 0 Å². The lowest BCUT2D eigenvalue weighted by molar-refractivity contribution is -0.404. The molecule has 148 heavy (non-hydrogen) atoms. The molecule has 0 aromatic carbocycles. The fourth-order valence-electron chi connectivity index (χ4n) is 31.8. The summed E-state index contributed by atoms with van der Waals surface area (Å²) in [7, 11) is 0. The lowest BCUT2D eigenvalue weighted by Crippen LogP contribution is -2.77.